The van der Waals surface area contributed by atoms with E-state index in [1.54, 1.807) is 12.1 Å². The molecule has 0 aliphatic carbocycles. The van der Waals surface area contributed by atoms with Gasteiger partial charge < -0.3 is 15.5 Å². The molecule has 0 saturated heterocycles. The predicted octanol–water partition coefficient (Wildman–Crippen LogP) is 1.62. The Morgan fingerprint density at radius 1 is 1.39 bits per heavy atom. The Hall–Kier alpha value is -2.04. The molecule has 98 valence electrons. The molecule has 1 aromatic carbocycles. The average Bonchev–Trinajstić information content (AvgIpc) is 2.33. The molecule has 0 aliphatic heterocycles. The predicted molar refractivity (Wildman–Crippen MR) is 66.5 cm³/mol. The number of carbonyl (C=O) groups is 2. The molecule has 1 amide bonds. The summed E-state index contributed by atoms with van der Waals surface area (Å²) in [6.45, 7) is 2.30. The van der Waals surface area contributed by atoms with E-state index in [0.29, 0.717) is 18.5 Å². The van der Waals surface area contributed by atoms with Crippen LogP contribution in [0.1, 0.15) is 30.1 Å². The van der Waals surface area contributed by atoms with Crippen molar-refractivity contribution in [1.82, 2.24) is 5.32 Å². The molecule has 0 bridgehead atoms. The third-order valence-electron chi connectivity index (χ3n) is 2.57. The fourth-order valence-electron chi connectivity index (χ4n) is 1.49. The maximum atomic E-state index is 11.7. The van der Waals surface area contributed by atoms with E-state index in [4.69, 9.17) is 5.11 Å². The second kappa shape index (κ2) is 6.64. The SMILES string of the molecule is CC(CCC(=O)O)CNC(=O)c1cccc(O)c1. The number of phenols is 1. The Labute approximate surface area is 105 Å². The second-order valence-corrected chi connectivity index (χ2v) is 4.30. The van der Waals surface area contributed by atoms with E-state index in [1.807, 2.05) is 6.92 Å². The van der Waals surface area contributed by atoms with Crippen LogP contribution in [0.2, 0.25) is 0 Å². The van der Waals surface area contributed by atoms with Gasteiger partial charge in [0, 0.05) is 18.5 Å². The van der Waals surface area contributed by atoms with Crippen molar-refractivity contribution in [3.05, 3.63) is 29.8 Å². The van der Waals surface area contributed by atoms with Crippen LogP contribution in [-0.2, 0) is 4.79 Å². The topological polar surface area (TPSA) is 86.6 Å². The number of phenolic OH excluding ortho intramolecular Hbond substituents is 1. The van der Waals surface area contributed by atoms with Crippen molar-refractivity contribution in [3.63, 3.8) is 0 Å². The Balaban J connectivity index is 2.39. The molecule has 5 heteroatoms. The van der Waals surface area contributed by atoms with E-state index >= 15 is 0 Å². The van der Waals surface area contributed by atoms with Gasteiger partial charge in [-0.15, -0.1) is 0 Å². The first-order valence-electron chi connectivity index (χ1n) is 5.78. The summed E-state index contributed by atoms with van der Waals surface area (Å²) >= 11 is 0. The van der Waals surface area contributed by atoms with Gasteiger partial charge in [0.2, 0.25) is 0 Å². The second-order valence-electron chi connectivity index (χ2n) is 4.30. The van der Waals surface area contributed by atoms with Crippen molar-refractivity contribution < 1.29 is 19.8 Å². The van der Waals surface area contributed by atoms with E-state index in [0.717, 1.165) is 0 Å². The summed E-state index contributed by atoms with van der Waals surface area (Å²) in [6, 6.07) is 6.08. The van der Waals surface area contributed by atoms with Crippen molar-refractivity contribution in [1.29, 1.82) is 0 Å². The van der Waals surface area contributed by atoms with E-state index in [2.05, 4.69) is 5.32 Å². The molecule has 0 heterocycles. The van der Waals surface area contributed by atoms with Crippen LogP contribution in [0, 0.1) is 5.92 Å². The lowest BCUT2D eigenvalue weighted by atomic mass is 10.1. The lowest BCUT2D eigenvalue weighted by molar-refractivity contribution is -0.137. The summed E-state index contributed by atoms with van der Waals surface area (Å²) in [5.41, 5.74) is 0.389. The third-order valence-corrected chi connectivity index (χ3v) is 2.57. The molecule has 1 aromatic rings. The van der Waals surface area contributed by atoms with Crippen molar-refractivity contribution in [2.45, 2.75) is 19.8 Å². The molecule has 0 aromatic heterocycles. The summed E-state index contributed by atoms with van der Waals surface area (Å²) in [6.07, 6.45) is 0.624. The van der Waals surface area contributed by atoms with E-state index in [-0.39, 0.29) is 24.0 Å². The Kier molecular flexibility index (Phi) is 5.17. The van der Waals surface area contributed by atoms with Gasteiger partial charge in [0.25, 0.3) is 5.91 Å². The molecular formula is C13H17NO4. The fourth-order valence-corrected chi connectivity index (χ4v) is 1.49. The van der Waals surface area contributed by atoms with Gasteiger partial charge in [0.05, 0.1) is 0 Å². The van der Waals surface area contributed by atoms with Crippen molar-refractivity contribution in [3.8, 4) is 5.75 Å². The summed E-state index contributed by atoms with van der Waals surface area (Å²) < 4.78 is 0. The molecule has 0 aliphatic rings. The van der Waals surface area contributed by atoms with Crippen LogP contribution in [-0.4, -0.2) is 28.6 Å². The number of aliphatic carboxylic acids is 1. The Bertz CT molecular complexity index is 431. The van der Waals surface area contributed by atoms with Crippen LogP contribution in [0.5, 0.6) is 5.75 Å². The zero-order valence-electron chi connectivity index (χ0n) is 10.2. The molecule has 18 heavy (non-hydrogen) atoms. The molecule has 1 rings (SSSR count). The molecule has 0 spiro atoms. The highest BCUT2D eigenvalue weighted by Gasteiger charge is 2.09. The maximum absolute atomic E-state index is 11.7. The zero-order valence-corrected chi connectivity index (χ0v) is 10.2. The Morgan fingerprint density at radius 2 is 2.11 bits per heavy atom. The molecule has 1 unspecified atom stereocenters. The van der Waals surface area contributed by atoms with Crippen LogP contribution in [0.15, 0.2) is 24.3 Å². The molecule has 5 nitrogen and oxygen atoms in total. The standard InChI is InChI=1S/C13H17NO4/c1-9(5-6-12(16)17)8-14-13(18)10-3-2-4-11(15)7-10/h2-4,7,9,15H,5-6,8H2,1H3,(H,14,18)(H,16,17). The molecule has 0 fully saturated rings. The fraction of sp³-hybridized carbons (Fsp3) is 0.385. The normalized spacial score (nSPS) is 11.8. The first kappa shape index (κ1) is 14.0. The van der Waals surface area contributed by atoms with Gasteiger partial charge >= 0.3 is 5.97 Å². The van der Waals surface area contributed by atoms with Crippen LogP contribution in [0.3, 0.4) is 0 Å². The summed E-state index contributed by atoms with van der Waals surface area (Å²) in [4.78, 5) is 22.1. The number of hydrogen-bond donors (Lipinski definition) is 3. The minimum absolute atomic E-state index is 0.0431. The van der Waals surface area contributed by atoms with E-state index in [1.165, 1.54) is 12.1 Å². The van der Waals surface area contributed by atoms with Gasteiger partial charge in [0.15, 0.2) is 0 Å². The lowest BCUT2D eigenvalue weighted by Crippen LogP contribution is -2.28. The molecule has 0 radical (unpaired) electrons. The van der Waals surface area contributed by atoms with Crippen LogP contribution >= 0.6 is 0 Å². The average molecular weight is 251 g/mol. The van der Waals surface area contributed by atoms with Gasteiger partial charge in [0.1, 0.15) is 5.75 Å². The van der Waals surface area contributed by atoms with Crippen LogP contribution in [0.25, 0.3) is 0 Å². The Morgan fingerprint density at radius 3 is 2.72 bits per heavy atom. The van der Waals surface area contributed by atoms with Gasteiger partial charge in [-0.05, 0) is 30.5 Å². The quantitative estimate of drug-likeness (QED) is 0.717. The number of benzene rings is 1. The smallest absolute Gasteiger partial charge is 0.303 e. The number of aromatic hydroxyl groups is 1. The van der Waals surface area contributed by atoms with Crippen molar-refractivity contribution in [2.75, 3.05) is 6.54 Å². The zero-order chi connectivity index (χ0) is 13.5. The van der Waals surface area contributed by atoms with Gasteiger partial charge in [-0.2, -0.15) is 0 Å². The van der Waals surface area contributed by atoms with E-state index < -0.39 is 5.97 Å². The highest BCUT2D eigenvalue weighted by atomic mass is 16.4. The van der Waals surface area contributed by atoms with Gasteiger partial charge in [-0.1, -0.05) is 13.0 Å². The van der Waals surface area contributed by atoms with Gasteiger partial charge in [-0.3, -0.25) is 9.59 Å². The highest BCUT2D eigenvalue weighted by molar-refractivity contribution is 5.94. The van der Waals surface area contributed by atoms with E-state index in [9.17, 15) is 14.7 Å². The largest absolute Gasteiger partial charge is 0.508 e. The molecule has 0 saturated carbocycles. The summed E-state index contributed by atoms with van der Waals surface area (Å²) in [7, 11) is 0. The minimum atomic E-state index is -0.832. The van der Waals surface area contributed by atoms with Crippen molar-refractivity contribution >= 4 is 11.9 Å². The number of carbonyl (C=O) groups excluding carboxylic acids is 1. The number of nitrogens with one attached hydrogen (secondary N) is 1. The lowest BCUT2D eigenvalue weighted by Gasteiger charge is -2.11. The van der Waals surface area contributed by atoms with Crippen LogP contribution in [0.4, 0.5) is 0 Å². The number of carboxylic acids is 1. The third kappa shape index (κ3) is 4.86. The summed E-state index contributed by atoms with van der Waals surface area (Å²) in [5.74, 6) is -0.960. The van der Waals surface area contributed by atoms with Crippen LogP contribution < -0.4 is 5.32 Å². The highest BCUT2D eigenvalue weighted by Crippen LogP contribution is 2.11. The molecule has 3 N–H and O–H groups in total. The van der Waals surface area contributed by atoms with Crippen molar-refractivity contribution in [2.24, 2.45) is 5.92 Å². The summed E-state index contributed by atoms with van der Waals surface area (Å²) in [5, 5.41) is 20.5. The van der Waals surface area contributed by atoms with Gasteiger partial charge in [-0.25, -0.2) is 0 Å². The monoisotopic (exact) mass is 251 g/mol. The number of rotatable bonds is 6. The number of carboxylic acid groups (broad SMARTS) is 1. The first-order valence-corrected chi connectivity index (χ1v) is 5.78. The number of hydrogen-bond acceptors (Lipinski definition) is 3. The number of amides is 1. The molecule has 1 atom stereocenters. The maximum Gasteiger partial charge on any atom is 0.303 e. The molecular weight excluding hydrogens is 234 g/mol. The minimum Gasteiger partial charge on any atom is -0.508 e. The first-order chi connectivity index (χ1) is 8.49.